The minimum absolute atomic E-state index is 0.136. The van der Waals surface area contributed by atoms with Crippen LogP contribution in [-0.4, -0.2) is 38.6 Å². The number of carbonyl (C=O) groups excluding carboxylic acids is 1. The van der Waals surface area contributed by atoms with Crippen LogP contribution in [0.4, 0.5) is 0 Å². The number of nitrogens with one attached hydrogen (secondary N) is 1. The van der Waals surface area contributed by atoms with Crippen molar-refractivity contribution < 1.29 is 13.9 Å². The number of aromatic nitrogens is 4. The number of imidazole rings is 1. The number of rotatable bonds is 6. The predicted molar refractivity (Wildman–Crippen MR) is 101 cm³/mol. The van der Waals surface area contributed by atoms with Crippen molar-refractivity contribution in [1.29, 1.82) is 0 Å². The molecule has 0 fully saturated rings. The summed E-state index contributed by atoms with van der Waals surface area (Å²) < 4.78 is 12.3. The maximum Gasteiger partial charge on any atom is 0.277 e. The first-order valence-corrected chi connectivity index (χ1v) is 9.04. The third-order valence-electron chi connectivity index (χ3n) is 3.77. The number of hydrogen-bond acceptors (Lipinski definition) is 7. The summed E-state index contributed by atoms with van der Waals surface area (Å²) in [7, 11) is 1.61. The lowest BCUT2D eigenvalue weighted by Gasteiger charge is -2.05. The molecule has 9 heteroatoms. The molecule has 0 aliphatic carbocycles. The van der Waals surface area contributed by atoms with E-state index in [-0.39, 0.29) is 11.7 Å². The van der Waals surface area contributed by atoms with Crippen LogP contribution in [0.2, 0.25) is 0 Å². The number of fused-ring (bicyclic) bond motifs is 1. The molecule has 0 bridgehead atoms. The number of amides is 1. The molecule has 2 aromatic carbocycles. The number of benzene rings is 2. The average molecular weight is 381 g/mol. The summed E-state index contributed by atoms with van der Waals surface area (Å²) in [4.78, 5) is 16.4. The smallest absolute Gasteiger partial charge is 0.277 e. The average Bonchev–Trinajstić information content (AvgIpc) is 3.34. The number of nitrogens with zero attached hydrogens (tertiary/aromatic N) is 4. The Kier molecular flexibility index (Phi) is 4.75. The van der Waals surface area contributed by atoms with Gasteiger partial charge >= 0.3 is 0 Å². The van der Waals surface area contributed by atoms with Gasteiger partial charge in [-0.1, -0.05) is 23.9 Å². The van der Waals surface area contributed by atoms with E-state index < -0.39 is 0 Å². The second-order valence-electron chi connectivity index (χ2n) is 5.53. The highest BCUT2D eigenvalue weighted by atomic mass is 32.2. The molecule has 2 heterocycles. The van der Waals surface area contributed by atoms with Crippen molar-refractivity contribution in [3.63, 3.8) is 0 Å². The molecule has 0 saturated heterocycles. The third-order valence-corrected chi connectivity index (χ3v) is 4.59. The molecular formula is C18H15N5O3S. The van der Waals surface area contributed by atoms with Gasteiger partial charge in [-0.05, 0) is 36.4 Å². The van der Waals surface area contributed by atoms with Crippen LogP contribution < -0.4 is 10.2 Å². The highest BCUT2D eigenvalue weighted by molar-refractivity contribution is 7.99. The summed E-state index contributed by atoms with van der Waals surface area (Å²) in [5.41, 5.74) is 5.20. The molecule has 0 atom stereocenters. The van der Waals surface area contributed by atoms with Crippen molar-refractivity contribution in [1.82, 2.24) is 19.9 Å². The Hall–Kier alpha value is -3.33. The Bertz CT molecular complexity index is 1070. The molecule has 0 unspecified atom stereocenters. The van der Waals surface area contributed by atoms with Crippen LogP contribution in [0.5, 0.6) is 5.75 Å². The van der Waals surface area contributed by atoms with E-state index in [1.807, 2.05) is 48.5 Å². The van der Waals surface area contributed by atoms with Gasteiger partial charge in [-0.15, -0.1) is 10.2 Å². The van der Waals surface area contributed by atoms with Gasteiger partial charge in [0.1, 0.15) is 12.1 Å². The summed E-state index contributed by atoms with van der Waals surface area (Å²) >= 11 is 1.17. The van der Waals surface area contributed by atoms with Gasteiger partial charge in [-0.2, -0.15) is 0 Å². The SMILES string of the molecule is COc1ccc(-c2nnc(SCC(=O)Nn3cnc4ccccc43)o2)cc1. The Morgan fingerprint density at radius 3 is 2.81 bits per heavy atom. The van der Waals surface area contributed by atoms with E-state index in [1.54, 1.807) is 18.1 Å². The first-order valence-electron chi connectivity index (χ1n) is 8.05. The van der Waals surface area contributed by atoms with Crippen molar-refractivity contribution in [2.75, 3.05) is 18.3 Å². The number of para-hydroxylation sites is 2. The van der Waals surface area contributed by atoms with Crippen LogP contribution >= 0.6 is 11.8 Å². The van der Waals surface area contributed by atoms with Crippen LogP contribution in [-0.2, 0) is 4.79 Å². The monoisotopic (exact) mass is 381 g/mol. The van der Waals surface area contributed by atoms with Crippen LogP contribution in [0.15, 0.2) is 64.5 Å². The first-order chi connectivity index (χ1) is 13.2. The van der Waals surface area contributed by atoms with Crippen molar-refractivity contribution in [3.8, 4) is 17.2 Å². The molecule has 0 aliphatic heterocycles. The topological polar surface area (TPSA) is 95.1 Å². The van der Waals surface area contributed by atoms with Crippen molar-refractivity contribution in [2.45, 2.75) is 5.22 Å². The van der Waals surface area contributed by atoms with E-state index in [2.05, 4.69) is 20.6 Å². The van der Waals surface area contributed by atoms with Crippen molar-refractivity contribution in [2.24, 2.45) is 0 Å². The summed E-state index contributed by atoms with van der Waals surface area (Å²) in [6.07, 6.45) is 1.57. The Morgan fingerprint density at radius 1 is 1.19 bits per heavy atom. The third kappa shape index (κ3) is 3.77. The zero-order valence-electron chi connectivity index (χ0n) is 14.3. The number of thioether (sulfide) groups is 1. The fourth-order valence-corrected chi connectivity index (χ4v) is 3.02. The van der Waals surface area contributed by atoms with E-state index in [1.165, 1.54) is 11.8 Å². The molecule has 2 aromatic heterocycles. The number of methoxy groups -OCH3 is 1. The van der Waals surface area contributed by atoms with Gasteiger partial charge in [0.25, 0.3) is 5.22 Å². The van der Waals surface area contributed by atoms with Gasteiger partial charge in [-0.3, -0.25) is 10.2 Å². The quantitative estimate of drug-likeness (QED) is 0.513. The lowest BCUT2D eigenvalue weighted by molar-refractivity contribution is -0.114. The van der Waals surface area contributed by atoms with E-state index in [4.69, 9.17) is 9.15 Å². The lowest BCUT2D eigenvalue weighted by atomic mass is 10.2. The maximum atomic E-state index is 12.2. The minimum atomic E-state index is -0.202. The molecule has 0 saturated carbocycles. The first kappa shape index (κ1) is 17.1. The number of hydrogen-bond donors (Lipinski definition) is 1. The van der Waals surface area contributed by atoms with Gasteiger partial charge < -0.3 is 9.15 Å². The highest BCUT2D eigenvalue weighted by Gasteiger charge is 2.12. The summed E-state index contributed by atoms with van der Waals surface area (Å²) in [6.45, 7) is 0. The Balaban J connectivity index is 1.37. The molecule has 1 N–H and O–H groups in total. The van der Waals surface area contributed by atoms with E-state index in [0.29, 0.717) is 11.1 Å². The zero-order chi connectivity index (χ0) is 18.6. The molecule has 0 radical (unpaired) electrons. The van der Waals surface area contributed by atoms with Gasteiger partial charge in [0, 0.05) is 5.56 Å². The zero-order valence-corrected chi connectivity index (χ0v) is 15.1. The summed E-state index contributed by atoms with van der Waals surface area (Å²) in [5.74, 6) is 1.07. The number of carbonyl (C=O) groups is 1. The van der Waals surface area contributed by atoms with E-state index in [0.717, 1.165) is 22.3 Å². The normalized spacial score (nSPS) is 10.9. The number of ether oxygens (including phenoxy) is 1. The minimum Gasteiger partial charge on any atom is -0.497 e. The Morgan fingerprint density at radius 2 is 2.00 bits per heavy atom. The molecule has 8 nitrogen and oxygen atoms in total. The molecular weight excluding hydrogens is 366 g/mol. The summed E-state index contributed by atoms with van der Waals surface area (Å²) in [6, 6.07) is 14.8. The van der Waals surface area contributed by atoms with Crippen LogP contribution in [0, 0.1) is 0 Å². The maximum absolute atomic E-state index is 12.2. The second kappa shape index (κ2) is 7.50. The summed E-state index contributed by atoms with van der Waals surface area (Å²) in [5, 5.41) is 8.31. The van der Waals surface area contributed by atoms with Crippen LogP contribution in [0.3, 0.4) is 0 Å². The lowest BCUT2D eigenvalue weighted by Crippen LogP contribution is -2.23. The van der Waals surface area contributed by atoms with Gasteiger partial charge in [0.15, 0.2) is 0 Å². The Labute approximate surface area is 158 Å². The molecule has 0 spiro atoms. The predicted octanol–water partition coefficient (Wildman–Crippen LogP) is 2.96. The fraction of sp³-hybridized carbons (Fsp3) is 0.111. The fourth-order valence-electron chi connectivity index (χ4n) is 2.46. The molecule has 0 aliphatic rings. The van der Waals surface area contributed by atoms with Gasteiger partial charge in [-0.25, -0.2) is 9.66 Å². The van der Waals surface area contributed by atoms with Gasteiger partial charge in [0.2, 0.25) is 11.8 Å². The van der Waals surface area contributed by atoms with Crippen molar-refractivity contribution >= 4 is 28.7 Å². The second-order valence-corrected chi connectivity index (χ2v) is 6.46. The molecule has 1 amide bonds. The van der Waals surface area contributed by atoms with E-state index in [9.17, 15) is 4.79 Å². The standard InChI is InChI=1S/C18H15N5O3S/c1-25-13-8-6-12(7-9-13)17-20-21-18(26-17)27-10-16(24)22-23-11-19-14-4-2-3-5-15(14)23/h2-9,11H,10H2,1H3,(H,22,24). The highest BCUT2D eigenvalue weighted by Crippen LogP contribution is 2.24. The van der Waals surface area contributed by atoms with Crippen molar-refractivity contribution in [3.05, 3.63) is 54.9 Å². The van der Waals surface area contributed by atoms with Crippen LogP contribution in [0.25, 0.3) is 22.5 Å². The molecule has 27 heavy (non-hydrogen) atoms. The molecule has 4 rings (SSSR count). The largest absolute Gasteiger partial charge is 0.497 e. The van der Waals surface area contributed by atoms with Crippen LogP contribution in [0.1, 0.15) is 0 Å². The molecule has 4 aromatic rings. The molecule has 136 valence electrons. The van der Waals surface area contributed by atoms with Gasteiger partial charge in [0.05, 0.1) is 23.9 Å². The van der Waals surface area contributed by atoms with E-state index >= 15 is 0 Å².